The molecule has 5 nitrogen and oxygen atoms in total. The first-order valence-electron chi connectivity index (χ1n) is 8.11. The number of aryl methyl sites for hydroxylation is 1. The Bertz CT molecular complexity index is 1010. The number of aromatic nitrogens is 3. The van der Waals surface area contributed by atoms with Gasteiger partial charge >= 0.3 is 6.18 Å². The van der Waals surface area contributed by atoms with Crippen molar-refractivity contribution >= 4 is 34.2 Å². The number of rotatable bonds is 3. The van der Waals surface area contributed by atoms with Gasteiger partial charge in [-0.1, -0.05) is 11.6 Å². The summed E-state index contributed by atoms with van der Waals surface area (Å²) >= 11 is 6.41. The molecule has 0 unspecified atom stereocenters. The van der Waals surface area contributed by atoms with E-state index in [1.807, 2.05) is 13.8 Å². The van der Waals surface area contributed by atoms with Gasteiger partial charge < -0.3 is 5.32 Å². The predicted octanol–water partition coefficient (Wildman–Crippen LogP) is 5.25. The summed E-state index contributed by atoms with van der Waals surface area (Å²) in [6.45, 7) is 5.67. The van der Waals surface area contributed by atoms with E-state index in [4.69, 9.17) is 11.6 Å². The van der Waals surface area contributed by atoms with Crippen molar-refractivity contribution in [2.45, 2.75) is 33.0 Å². The number of alkyl halides is 3. The summed E-state index contributed by atoms with van der Waals surface area (Å²) in [5.74, 6) is -0.564. The van der Waals surface area contributed by atoms with E-state index in [2.05, 4.69) is 15.4 Å². The number of fused-ring (bicyclic) bond motifs is 1. The molecule has 0 radical (unpaired) electrons. The molecule has 1 aromatic carbocycles. The Balaban J connectivity index is 1.92. The van der Waals surface area contributed by atoms with Crippen LogP contribution in [0.1, 0.15) is 41.5 Å². The van der Waals surface area contributed by atoms with Crippen molar-refractivity contribution < 1.29 is 18.0 Å². The van der Waals surface area contributed by atoms with Crippen LogP contribution < -0.4 is 5.32 Å². The fourth-order valence-electron chi connectivity index (χ4n) is 2.69. The van der Waals surface area contributed by atoms with Gasteiger partial charge in [0.05, 0.1) is 27.2 Å². The number of anilines is 1. The second kappa shape index (κ2) is 6.84. The number of carbonyl (C=O) groups is 1. The first-order valence-corrected chi connectivity index (χ1v) is 8.49. The maximum absolute atomic E-state index is 12.6. The number of hydrogen-bond donors (Lipinski definition) is 1. The highest BCUT2D eigenvalue weighted by atomic mass is 35.5. The number of nitrogens with one attached hydrogen (secondary N) is 1. The third-order valence-corrected chi connectivity index (χ3v) is 4.43. The van der Waals surface area contributed by atoms with Crippen molar-refractivity contribution in [3.05, 3.63) is 52.3 Å². The third-order valence-electron chi connectivity index (χ3n) is 4.04. The molecule has 9 heteroatoms. The minimum atomic E-state index is -4.44. The summed E-state index contributed by atoms with van der Waals surface area (Å²) in [6.07, 6.45) is -3.10. The van der Waals surface area contributed by atoms with Crippen LogP contribution in [-0.4, -0.2) is 20.7 Å². The Morgan fingerprint density at radius 2 is 1.85 bits per heavy atom. The Morgan fingerprint density at radius 1 is 1.22 bits per heavy atom. The van der Waals surface area contributed by atoms with Gasteiger partial charge in [0.15, 0.2) is 5.65 Å². The molecule has 3 rings (SSSR count). The Labute approximate surface area is 158 Å². The van der Waals surface area contributed by atoms with E-state index in [0.29, 0.717) is 16.7 Å². The molecule has 0 aliphatic carbocycles. The van der Waals surface area contributed by atoms with E-state index in [-0.39, 0.29) is 22.3 Å². The van der Waals surface area contributed by atoms with Crippen molar-refractivity contribution in [1.82, 2.24) is 14.8 Å². The van der Waals surface area contributed by atoms with Crippen molar-refractivity contribution in [1.29, 1.82) is 0 Å². The van der Waals surface area contributed by atoms with Crippen LogP contribution in [-0.2, 0) is 6.18 Å². The summed E-state index contributed by atoms with van der Waals surface area (Å²) < 4.78 is 39.6. The monoisotopic (exact) mass is 396 g/mol. The summed E-state index contributed by atoms with van der Waals surface area (Å²) in [7, 11) is 0. The van der Waals surface area contributed by atoms with E-state index in [1.165, 1.54) is 18.3 Å². The number of hydrogen-bond acceptors (Lipinski definition) is 3. The minimum absolute atomic E-state index is 0.0663. The molecule has 2 heterocycles. The quantitative estimate of drug-likeness (QED) is 0.658. The number of pyridine rings is 1. The highest BCUT2D eigenvalue weighted by Gasteiger charge is 2.30. The molecule has 0 bridgehead atoms. The van der Waals surface area contributed by atoms with Crippen molar-refractivity contribution in [3.63, 3.8) is 0 Å². The van der Waals surface area contributed by atoms with E-state index in [1.54, 1.807) is 11.6 Å². The van der Waals surface area contributed by atoms with Crippen LogP contribution >= 0.6 is 11.6 Å². The largest absolute Gasteiger partial charge is 0.416 e. The first kappa shape index (κ1) is 19.2. The zero-order valence-corrected chi connectivity index (χ0v) is 15.5. The SMILES string of the molecule is Cc1nn(C(C)C)c2ncc(C(=O)Nc3ccc(C(F)(F)F)cc3)c(Cl)c12. The van der Waals surface area contributed by atoms with Gasteiger partial charge in [-0.2, -0.15) is 18.3 Å². The van der Waals surface area contributed by atoms with E-state index in [9.17, 15) is 18.0 Å². The van der Waals surface area contributed by atoms with Crippen molar-refractivity contribution in [3.8, 4) is 0 Å². The number of amides is 1. The van der Waals surface area contributed by atoms with Crippen LogP contribution in [0.15, 0.2) is 30.5 Å². The fraction of sp³-hybridized carbons (Fsp3) is 0.278. The van der Waals surface area contributed by atoms with Gasteiger partial charge in [-0.05, 0) is 45.0 Å². The van der Waals surface area contributed by atoms with Crippen LogP contribution in [0, 0.1) is 6.92 Å². The Kier molecular flexibility index (Phi) is 4.86. The van der Waals surface area contributed by atoms with Gasteiger partial charge in [-0.3, -0.25) is 4.79 Å². The number of nitrogens with zero attached hydrogens (tertiary/aromatic N) is 3. The zero-order valence-electron chi connectivity index (χ0n) is 14.7. The molecule has 0 aliphatic rings. The molecular formula is C18H16ClF3N4O. The molecule has 2 aromatic heterocycles. The van der Waals surface area contributed by atoms with Crippen LogP contribution in [0.2, 0.25) is 5.02 Å². The lowest BCUT2D eigenvalue weighted by Crippen LogP contribution is -2.14. The van der Waals surface area contributed by atoms with Crippen LogP contribution in [0.3, 0.4) is 0 Å². The highest BCUT2D eigenvalue weighted by Crippen LogP contribution is 2.31. The molecule has 1 N–H and O–H groups in total. The normalized spacial score (nSPS) is 12.0. The van der Waals surface area contributed by atoms with Gasteiger partial charge in [0.2, 0.25) is 0 Å². The van der Waals surface area contributed by atoms with Crippen LogP contribution in [0.25, 0.3) is 11.0 Å². The molecule has 3 aromatic rings. The standard InChI is InChI=1S/C18H16ClF3N4O/c1-9(2)26-16-14(10(3)25-26)15(19)13(8-23-16)17(27)24-12-6-4-11(5-7-12)18(20,21)22/h4-9H,1-3H3,(H,24,27). The molecular weight excluding hydrogens is 381 g/mol. The lowest BCUT2D eigenvalue weighted by Gasteiger charge is -2.10. The van der Waals surface area contributed by atoms with Gasteiger partial charge in [0, 0.05) is 17.9 Å². The van der Waals surface area contributed by atoms with Crippen LogP contribution in [0.5, 0.6) is 0 Å². The predicted molar refractivity (Wildman–Crippen MR) is 97.1 cm³/mol. The maximum Gasteiger partial charge on any atom is 0.416 e. The summed E-state index contributed by atoms with van der Waals surface area (Å²) in [5, 5.41) is 7.71. The lowest BCUT2D eigenvalue weighted by atomic mass is 10.1. The molecule has 142 valence electrons. The van der Waals surface area contributed by atoms with Crippen LogP contribution in [0.4, 0.5) is 18.9 Å². The van der Waals surface area contributed by atoms with E-state index < -0.39 is 17.6 Å². The molecule has 0 spiro atoms. The second-order valence-corrected chi connectivity index (χ2v) is 6.72. The summed E-state index contributed by atoms with van der Waals surface area (Å²) in [6, 6.07) is 4.23. The molecule has 0 fully saturated rings. The van der Waals surface area contributed by atoms with Crippen molar-refractivity contribution in [2.75, 3.05) is 5.32 Å². The van der Waals surface area contributed by atoms with E-state index in [0.717, 1.165) is 12.1 Å². The molecule has 1 amide bonds. The number of carbonyl (C=O) groups excluding carboxylic acids is 1. The smallest absolute Gasteiger partial charge is 0.322 e. The summed E-state index contributed by atoms with van der Waals surface area (Å²) in [5.41, 5.74) is 0.756. The fourth-order valence-corrected chi connectivity index (χ4v) is 3.05. The Morgan fingerprint density at radius 3 is 2.41 bits per heavy atom. The second-order valence-electron chi connectivity index (χ2n) is 6.34. The molecule has 0 aliphatic heterocycles. The zero-order chi connectivity index (χ0) is 19.9. The summed E-state index contributed by atoms with van der Waals surface area (Å²) in [4.78, 5) is 16.8. The topological polar surface area (TPSA) is 59.8 Å². The highest BCUT2D eigenvalue weighted by molar-refractivity contribution is 6.39. The molecule has 27 heavy (non-hydrogen) atoms. The number of halogens is 4. The molecule has 0 saturated heterocycles. The van der Waals surface area contributed by atoms with Gasteiger partial charge in [0.1, 0.15) is 0 Å². The van der Waals surface area contributed by atoms with Crippen molar-refractivity contribution in [2.24, 2.45) is 0 Å². The Hall–Kier alpha value is -2.61. The first-order chi connectivity index (χ1) is 12.6. The maximum atomic E-state index is 12.6. The number of benzene rings is 1. The van der Waals surface area contributed by atoms with Gasteiger partial charge in [-0.25, -0.2) is 9.67 Å². The average Bonchev–Trinajstić information content (AvgIpc) is 2.92. The molecule has 0 saturated carbocycles. The van der Waals surface area contributed by atoms with Gasteiger partial charge in [-0.15, -0.1) is 0 Å². The van der Waals surface area contributed by atoms with E-state index >= 15 is 0 Å². The lowest BCUT2D eigenvalue weighted by molar-refractivity contribution is -0.137. The average molecular weight is 397 g/mol. The minimum Gasteiger partial charge on any atom is -0.322 e. The molecule has 0 atom stereocenters. The van der Waals surface area contributed by atoms with Gasteiger partial charge in [0.25, 0.3) is 5.91 Å². The third kappa shape index (κ3) is 3.62.